The van der Waals surface area contributed by atoms with Crippen molar-refractivity contribution in [1.29, 1.82) is 0 Å². The molecule has 0 spiro atoms. The summed E-state index contributed by atoms with van der Waals surface area (Å²) in [5, 5.41) is 9.52. The minimum atomic E-state index is -1.83. The van der Waals surface area contributed by atoms with Crippen LogP contribution in [0.5, 0.6) is 5.88 Å². The molecule has 0 unspecified atom stereocenters. The lowest BCUT2D eigenvalue weighted by Gasteiger charge is -2.23. The van der Waals surface area contributed by atoms with Gasteiger partial charge in [-0.05, 0) is 38.8 Å². The van der Waals surface area contributed by atoms with Crippen LogP contribution in [0.2, 0.25) is 5.28 Å². The Balaban J connectivity index is 1.86. The van der Waals surface area contributed by atoms with Crippen LogP contribution < -0.4 is 4.74 Å². The van der Waals surface area contributed by atoms with Crippen LogP contribution in [-0.2, 0) is 14.2 Å². The van der Waals surface area contributed by atoms with Crippen molar-refractivity contribution in [3.63, 3.8) is 0 Å². The van der Waals surface area contributed by atoms with E-state index in [1.807, 2.05) is 6.92 Å². The predicted molar refractivity (Wildman–Crippen MR) is 108 cm³/mol. The zero-order valence-electron chi connectivity index (χ0n) is 17.7. The average Bonchev–Trinajstić information content (AvgIpc) is 3.22. The van der Waals surface area contributed by atoms with Gasteiger partial charge in [0, 0.05) is 0 Å². The summed E-state index contributed by atoms with van der Waals surface area (Å²) in [5.41, 5.74) is -0.346. The number of imidazole rings is 1. The molecule has 10 nitrogen and oxygen atoms in total. The van der Waals surface area contributed by atoms with Crippen LogP contribution in [-0.4, -0.2) is 68.0 Å². The molecule has 12 heteroatoms. The van der Waals surface area contributed by atoms with Crippen LogP contribution in [0.15, 0.2) is 6.33 Å². The Bertz CT molecular complexity index is 921. The monoisotopic (exact) mass is 460 g/mol. The van der Waals surface area contributed by atoms with Gasteiger partial charge < -0.3 is 24.1 Å². The number of aliphatic hydroxyl groups is 1. The van der Waals surface area contributed by atoms with E-state index in [4.69, 9.17) is 30.5 Å². The number of unbranched alkanes of at least 4 members (excludes halogenated alkanes) is 1. The zero-order chi connectivity index (χ0) is 22.8. The van der Waals surface area contributed by atoms with Gasteiger partial charge in [-0.15, -0.1) is 0 Å². The number of alkyl halides is 1. The number of rotatable bonds is 7. The van der Waals surface area contributed by atoms with E-state index in [0.29, 0.717) is 6.61 Å². The van der Waals surface area contributed by atoms with Crippen molar-refractivity contribution in [2.45, 2.75) is 70.7 Å². The highest BCUT2D eigenvalue weighted by molar-refractivity contribution is 6.28. The lowest BCUT2D eigenvalue weighted by Crippen LogP contribution is -2.37. The van der Waals surface area contributed by atoms with Crippen LogP contribution in [0.3, 0.4) is 0 Å². The summed E-state index contributed by atoms with van der Waals surface area (Å²) in [5.74, 6) is 0.177. The van der Waals surface area contributed by atoms with Crippen molar-refractivity contribution < 1.29 is 33.2 Å². The fourth-order valence-electron chi connectivity index (χ4n) is 3.06. The van der Waals surface area contributed by atoms with Gasteiger partial charge in [-0.1, -0.05) is 13.3 Å². The van der Waals surface area contributed by atoms with Gasteiger partial charge in [0.2, 0.25) is 11.2 Å². The van der Waals surface area contributed by atoms with Gasteiger partial charge in [-0.25, -0.2) is 14.2 Å². The van der Waals surface area contributed by atoms with E-state index < -0.39 is 43.0 Å². The molecule has 2 aromatic heterocycles. The molecule has 0 aliphatic carbocycles. The molecule has 0 amide bonds. The Hall–Kier alpha value is -2.24. The van der Waals surface area contributed by atoms with E-state index in [9.17, 15) is 9.90 Å². The lowest BCUT2D eigenvalue weighted by molar-refractivity contribution is -0.0682. The molecule has 0 saturated carbocycles. The normalized spacial score (nSPS) is 23.8. The maximum atomic E-state index is 15.3. The molecule has 3 rings (SSSR count). The molecular formula is C19H26ClFN4O6. The van der Waals surface area contributed by atoms with Crippen molar-refractivity contribution in [3.05, 3.63) is 11.6 Å². The molecule has 172 valence electrons. The molecule has 1 aliphatic heterocycles. The summed E-state index contributed by atoms with van der Waals surface area (Å²) >= 11 is 6.02. The molecule has 1 saturated heterocycles. The van der Waals surface area contributed by atoms with Gasteiger partial charge in [0.25, 0.3) is 0 Å². The van der Waals surface area contributed by atoms with E-state index in [1.54, 1.807) is 20.8 Å². The van der Waals surface area contributed by atoms with Crippen molar-refractivity contribution >= 4 is 28.9 Å². The van der Waals surface area contributed by atoms with Crippen molar-refractivity contribution in [2.24, 2.45) is 0 Å². The Kier molecular flexibility index (Phi) is 7.17. The molecule has 3 heterocycles. The van der Waals surface area contributed by atoms with Crippen LogP contribution in [0.1, 0.15) is 46.8 Å². The van der Waals surface area contributed by atoms with Gasteiger partial charge in [-0.3, -0.25) is 4.57 Å². The van der Waals surface area contributed by atoms with E-state index >= 15 is 4.39 Å². The number of fused-ring (bicyclic) bond motifs is 1. The first-order chi connectivity index (χ1) is 14.6. The Morgan fingerprint density at radius 2 is 2.13 bits per heavy atom. The summed E-state index contributed by atoms with van der Waals surface area (Å²) < 4.78 is 38.1. The highest BCUT2D eigenvalue weighted by atomic mass is 35.5. The molecule has 4 atom stereocenters. The van der Waals surface area contributed by atoms with Crippen molar-refractivity contribution in [3.8, 4) is 5.88 Å². The smallest absolute Gasteiger partial charge is 0.476 e. The Morgan fingerprint density at radius 1 is 1.39 bits per heavy atom. The number of carbonyl (C=O) groups excluding carboxylic acids is 1. The fraction of sp³-hybridized carbons (Fsp3) is 0.684. The summed E-state index contributed by atoms with van der Waals surface area (Å²) in [6.45, 7) is 6.82. The molecule has 1 aliphatic rings. The third-order valence-corrected chi connectivity index (χ3v) is 4.61. The van der Waals surface area contributed by atoms with E-state index in [2.05, 4.69) is 15.0 Å². The highest BCUT2D eigenvalue weighted by Gasteiger charge is 2.49. The van der Waals surface area contributed by atoms with Gasteiger partial charge >= 0.3 is 6.16 Å². The zero-order valence-corrected chi connectivity index (χ0v) is 18.5. The number of nitrogens with zero attached hydrogens (tertiary/aromatic N) is 4. The molecule has 0 aromatic carbocycles. The number of hydrogen-bond acceptors (Lipinski definition) is 9. The number of aromatic nitrogens is 4. The Labute approximate surface area is 183 Å². The van der Waals surface area contributed by atoms with Gasteiger partial charge in [0.15, 0.2) is 29.7 Å². The molecular weight excluding hydrogens is 435 g/mol. The topological polar surface area (TPSA) is 118 Å². The van der Waals surface area contributed by atoms with Crippen LogP contribution in [0, 0.1) is 0 Å². The van der Waals surface area contributed by atoms with E-state index in [1.165, 1.54) is 10.9 Å². The first-order valence-corrected chi connectivity index (χ1v) is 10.3. The van der Waals surface area contributed by atoms with E-state index in [-0.39, 0.29) is 22.3 Å². The maximum absolute atomic E-state index is 15.3. The number of halogens is 2. The number of aliphatic hydroxyl groups excluding tert-OH is 1. The second kappa shape index (κ2) is 9.49. The molecule has 0 radical (unpaired) electrons. The fourth-order valence-corrected chi connectivity index (χ4v) is 3.21. The van der Waals surface area contributed by atoms with E-state index in [0.717, 1.165) is 12.8 Å². The lowest BCUT2D eigenvalue weighted by atomic mass is 10.1. The van der Waals surface area contributed by atoms with Crippen LogP contribution in [0.25, 0.3) is 11.2 Å². The standard InChI is InChI=1S/C19H26ClFN4O6/c1-5-6-7-28-15-12-14(23-17(20)24-15)25(9-22-12)16-11(21)13(10(8-26)29-16)30-18(27)31-19(2,3)4/h9-11,13,16,26H,5-8H2,1-4H3/t10-,11-,13-,16-/m1/s1. The van der Waals surface area contributed by atoms with Gasteiger partial charge in [0.1, 0.15) is 11.7 Å². The van der Waals surface area contributed by atoms with Crippen molar-refractivity contribution in [1.82, 2.24) is 19.5 Å². The third-order valence-electron chi connectivity index (χ3n) is 4.44. The molecule has 31 heavy (non-hydrogen) atoms. The first-order valence-electron chi connectivity index (χ1n) is 9.97. The SMILES string of the molecule is CCCCOc1nc(Cl)nc2c1ncn2[C@@H]1O[C@H](CO)[C@@H](OC(=O)OC(C)(C)C)[C@H]1F. The third kappa shape index (κ3) is 5.34. The molecule has 0 bridgehead atoms. The predicted octanol–water partition coefficient (Wildman–Crippen LogP) is 3.21. The second-order valence-electron chi connectivity index (χ2n) is 8.06. The highest BCUT2D eigenvalue weighted by Crippen LogP contribution is 2.36. The quantitative estimate of drug-likeness (QED) is 0.377. The summed E-state index contributed by atoms with van der Waals surface area (Å²) in [7, 11) is 0. The summed E-state index contributed by atoms with van der Waals surface area (Å²) in [6, 6.07) is 0. The number of ether oxygens (including phenoxy) is 4. The molecule has 2 aromatic rings. The Morgan fingerprint density at radius 3 is 2.77 bits per heavy atom. The van der Waals surface area contributed by atoms with Crippen LogP contribution >= 0.6 is 11.6 Å². The number of hydrogen-bond donors (Lipinski definition) is 1. The van der Waals surface area contributed by atoms with Gasteiger partial charge in [-0.2, -0.15) is 9.97 Å². The summed E-state index contributed by atoms with van der Waals surface area (Å²) in [6.07, 6.45) is -3.62. The van der Waals surface area contributed by atoms with Crippen LogP contribution in [0.4, 0.5) is 9.18 Å². The minimum absolute atomic E-state index is 0.102. The average molecular weight is 461 g/mol. The van der Waals surface area contributed by atoms with Gasteiger partial charge in [0.05, 0.1) is 19.5 Å². The summed E-state index contributed by atoms with van der Waals surface area (Å²) in [4.78, 5) is 24.4. The second-order valence-corrected chi connectivity index (χ2v) is 8.40. The maximum Gasteiger partial charge on any atom is 0.509 e. The van der Waals surface area contributed by atoms with Crippen molar-refractivity contribution in [2.75, 3.05) is 13.2 Å². The largest absolute Gasteiger partial charge is 0.509 e. The number of carbonyl (C=O) groups is 1. The molecule has 1 N–H and O–H groups in total. The first kappa shape index (κ1) is 23.4. The molecule has 1 fully saturated rings. The minimum Gasteiger partial charge on any atom is -0.476 e.